The minimum atomic E-state index is -0.563. The summed E-state index contributed by atoms with van der Waals surface area (Å²) in [6, 6.07) is 1.68. The van der Waals surface area contributed by atoms with Gasteiger partial charge in [-0.1, -0.05) is 11.6 Å². The van der Waals surface area contributed by atoms with Gasteiger partial charge in [0.2, 0.25) is 0 Å². The molecule has 0 fully saturated rings. The molecule has 6 nitrogen and oxygen atoms in total. The van der Waals surface area contributed by atoms with Crippen molar-refractivity contribution in [3.63, 3.8) is 0 Å². The Morgan fingerprint density at radius 3 is 2.83 bits per heavy atom. The van der Waals surface area contributed by atoms with Crippen molar-refractivity contribution < 1.29 is 9.53 Å². The van der Waals surface area contributed by atoms with Crippen molar-refractivity contribution in [2.24, 2.45) is 0 Å². The number of halogens is 1. The predicted octanol–water partition coefficient (Wildman–Crippen LogP) is 2.87. The highest BCUT2D eigenvalue weighted by atomic mass is 35.5. The fourth-order valence-electron chi connectivity index (χ4n) is 2.73. The summed E-state index contributed by atoms with van der Waals surface area (Å²) in [7, 11) is 0. The first kappa shape index (κ1) is 15.8. The molecule has 122 valence electrons. The van der Waals surface area contributed by atoms with Crippen LogP contribution in [0.3, 0.4) is 0 Å². The van der Waals surface area contributed by atoms with Crippen LogP contribution in [0.4, 0.5) is 4.79 Å². The lowest BCUT2D eigenvalue weighted by atomic mass is 9.98. The molecule has 1 aliphatic heterocycles. The maximum absolute atomic E-state index is 12.3. The lowest BCUT2D eigenvalue weighted by Gasteiger charge is -2.31. The summed E-state index contributed by atoms with van der Waals surface area (Å²) in [5.74, 6) is 0. The molecule has 23 heavy (non-hydrogen) atoms. The third-order valence-electron chi connectivity index (χ3n) is 3.70. The molecule has 3 rings (SSSR count). The predicted molar refractivity (Wildman–Crippen MR) is 87.7 cm³/mol. The minimum absolute atomic E-state index is 0.175. The highest BCUT2D eigenvalue weighted by molar-refractivity contribution is 6.35. The number of fused-ring (bicyclic) bond motifs is 3. The van der Waals surface area contributed by atoms with Gasteiger partial charge in [0.05, 0.1) is 11.6 Å². The maximum Gasteiger partial charge on any atom is 0.410 e. The number of H-pyrrole nitrogens is 1. The van der Waals surface area contributed by atoms with E-state index in [4.69, 9.17) is 16.3 Å². The highest BCUT2D eigenvalue weighted by Crippen LogP contribution is 2.29. The number of carbonyl (C=O) groups is 1. The molecular formula is C16H18ClN3O3. The molecular weight excluding hydrogens is 318 g/mol. The van der Waals surface area contributed by atoms with Gasteiger partial charge in [-0.25, -0.2) is 9.78 Å². The number of hydrogen-bond acceptors (Lipinski definition) is 4. The zero-order valence-corrected chi connectivity index (χ0v) is 14.0. The quantitative estimate of drug-likeness (QED) is 0.803. The minimum Gasteiger partial charge on any atom is -0.444 e. The van der Waals surface area contributed by atoms with Crippen LogP contribution >= 0.6 is 11.6 Å². The summed E-state index contributed by atoms with van der Waals surface area (Å²) in [5.41, 5.74) is 1.11. The second-order valence-electron chi connectivity index (χ2n) is 6.58. The van der Waals surface area contributed by atoms with E-state index >= 15 is 0 Å². The number of ether oxygens (including phenoxy) is 1. The first-order chi connectivity index (χ1) is 10.8. The van der Waals surface area contributed by atoms with Crippen LogP contribution in [0.2, 0.25) is 5.02 Å². The number of nitrogens with zero attached hydrogens (tertiary/aromatic N) is 2. The molecule has 2 aromatic heterocycles. The molecule has 2 aromatic rings. The van der Waals surface area contributed by atoms with Crippen molar-refractivity contribution in [2.75, 3.05) is 6.54 Å². The summed E-state index contributed by atoms with van der Waals surface area (Å²) >= 11 is 6.28. The van der Waals surface area contributed by atoms with E-state index in [1.807, 2.05) is 20.8 Å². The van der Waals surface area contributed by atoms with Crippen LogP contribution in [-0.4, -0.2) is 33.1 Å². The summed E-state index contributed by atoms with van der Waals surface area (Å²) in [6.07, 6.45) is 1.61. The number of nitrogens with one attached hydrogen (secondary N) is 1. The van der Waals surface area contributed by atoms with Crippen molar-refractivity contribution in [1.29, 1.82) is 0 Å². The fourth-order valence-corrected chi connectivity index (χ4v) is 2.99. The summed E-state index contributed by atoms with van der Waals surface area (Å²) in [5, 5.41) is 1.20. The van der Waals surface area contributed by atoms with Crippen LogP contribution in [0, 0.1) is 0 Å². The molecule has 0 saturated heterocycles. The Labute approximate surface area is 138 Å². The molecule has 0 bridgehead atoms. The summed E-state index contributed by atoms with van der Waals surface area (Å²) in [6.45, 7) is 6.20. The third-order valence-corrected chi connectivity index (χ3v) is 4.02. The average Bonchev–Trinajstić information content (AvgIpc) is 2.45. The van der Waals surface area contributed by atoms with Crippen molar-refractivity contribution in [1.82, 2.24) is 14.9 Å². The van der Waals surface area contributed by atoms with Gasteiger partial charge >= 0.3 is 6.09 Å². The van der Waals surface area contributed by atoms with E-state index in [0.717, 1.165) is 5.56 Å². The van der Waals surface area contributed by atoms with Crippen LogP contribution < -0.4 is 5.56 Å². The molecule has 7 heteroatoms. The van der Waals surface area contributed by atoms with E-state index in [1.54, 1.807) is 17.2 Å². The van der Waals surface area contributed by atoms with Gasteiger partial charge in [0.25, 0.3) is 5.56 Å². The second kappa shape index (κ2) is 5.53. The maximum atomic E-state index is 12.3. The summed E-state index contributed by atoms with van der Waals surface area (Å²) < 4.78 is 5.42. The first-order valence-corrected chi connectivity index (χ1v) is 7.80. The number of amides is 1. The first-order valence-electron chi connectivity index (χ1n) is 7.42. The van der Waals surface area contributed by atoms with E-state index in [-0.39, 0.29) is 12.1 Å². The molecule has 1 aliphatic rings. The van der Waals surface area contributed by atoms with E-state index in [1.165, 1.54) is 0 Å². The largest absolute Gasteiger partial charge is 0.444 e. The summed E-state index contributed by atoms with van der Waals surface area (Å²) in [4.78, 5) is 33.0. The van der Waals surface area contributed by atoms with Gasteiger partial charge in [0.15, 0.2) is 0 Å². The van der Waals surface area contributed by atoms with Crippen molar-refractivity contribution in [3.8, 4) is 0 Å². The van der Waals surface area contributed by atoms with Gasteiger partial charge in [-0.05, 0) is 38.8 Å². The van der Waals surface area contributed by atoms with E-state index < -0.39 is 11.7 Å². The monoisotopic (exact) mass is 335 g/mol. The van der Waals surface area contributed by atoms with Crippen LogP contribution in [-0.2, 0) is 17.7 Å². The molecule has 0 unspecified atom stereocenters. The molecule has 3 heterocycles. The standard InChI is InChI=1S/C16H18ClN3O3/c1-16(2,3)23-15(22)20-7-5-9-10(8-20)12-11(17)4-6-18-13(12)19-14(9)21/h4,6H,5,7-8H2,1-3H3,(H,18,19,21). The Bertz CT molecular complexity index is 839. The smallest absolute Gasteiger partial charge is 0.410 e. The van der Waals surface area contributed by atoms with Gasteiger partial charge in [0.1, 0.15) is 11.2 Å². The highest BCUT2D eigenvalue weighted by Gasteiger charge is 2.28. The van der Waals surface area contributed by atoms with Crippen molar-refractivity contribution >= 4 is 28.7 Å². The zero-order valence-electron chi connectivity index (χ0n) is 13.3. The Morgan fingerprint density at radius 2 is 2.13 bits per heavy atom. The van der Waals surface area contributed by atoms with E-state index in [0.29, 0.717) is 34.6 Å². The number of carbonyl (C=O) groups excluding carboxylic acids is 1. The normalized spacial score (nSPS) is 14.7. The average molecular weight is 336 g/mol. The lowest BCUT2D eigenvalue weighted by molar-refractivity contribution is 0.0224. The second-order valence-corrected chi connectivity index (χ2v) is 6.99. The SMILES string of the molecule is CC(C)(C)OC(=O)N1CCc2c(c3c(Cl)ccnc3[nH]c2=O)C1. The molecule has 0 aromatic carbocycles. The molecule has 0 aliphatic carbocycles. The van der Waals surface area contributed by atoms with Crippen molar-refractivity contribution in [2.45, 2.75) is 39.3 Å². The van der Waals surface area contributed by atoms with Crippen LogP contribution in [0.25, 0.3) is 11.0 Å². The van der Waals surface area contributed by atoms with Crippen LogP contribution in [0.15, 0.2) is 17.1 Å². The molecule has 0 radical (unpaired) electrons. The molecule has 1 amide bonds. The van der Waals surface area contributed by atoms with Gasteiger partial charge in [-0.2, -0.15) is 0 Å². The topological polar surface area (TPSA) is 75.3 Å². The Morgan fingerprint density at radius 1 is 1.39 bits per heavy atom. The van der Waals surface area contributed by atoms with Gasteiger partial charge < -0.3 is 14.6 Å². The van der Waals surface area contributed by atoms with Gasteiger partial charge in [0, 0.05) is 23.7 Å². The number of hydrogen-bond donors (Lipinski definition) is 1. The van der Waals surface area contributed by atoms with Gasteiger partial charge in [-0.15, -0.1) is 0 Å². The Hall–Kier alpha value is -2.08. The molecule has 0 saturated carbocycles. The number of aromatic amines is 1. The number of aromatic nitrogens is 2. The fraction of sp³-hybridized carbons (Fsp3) is 0.438. The number of pyridine rings is 2. The zero-order chi connectivity index (χ0) is 16.8. The van der Waals surface area contributed by atoms with E-state index in [9.17, 15) is 9.59 Å². The molecule has 0 spiro atoms. The lowest BCUT2D eigenvalue weighted by Crippen LogP contribution is -2.41. The van der Waals surface area contributed by atoms with Crippen molar-refractivity contribution in [3.05, 3.63) is 38.8 Å². The van der Waals surface area contributed by atoms with Crippen LogP contribution in [0.5, 0.6) is 0 Å². The van der Waals surface area contributed by atoms with E-state index in [2.05, 4.69) is 9.97 Å². The molecule has 0 atom stereocenters. The van der Waals surface area contributed by atoms with Gasteiger partial charge in [-0.3, -0.25) is 4.79 Å². The Balaban J connectivity index is 2.04. The number of rotatable bonds is 0. The molecule has 1 N–H and O–H groups in total. The van der Waals surface area contributed by atoms with Crippen LogP contribution in [0.1, 0.15) is 31.9 Å². The third kappa shape index (κ3) is 3.03. The Kier molecular flexibility index (Phi) is 3.80.